The molecule has 6 aliphatic carbocycles. The van der Waals surface area contributed by atoms with E-state index in [1.54, 1.807) is 17.2 Å². The van der Waals surface area contributed by atoms with Gasteiger partial charge < -0.3 is 4.74 Å². The molecule has 3 nitrogen and oxygen atoms in total. The van der Waals surface area contributed by atoms with Crippen LogP contribution in [0.15, 0.2) is 23.3 Å². The van der Waals surface area contributed by atoms with E-state index in [0.717, 1.165) is 31.1 Å². The molecule has 0 aromatic rings. The lowest BCUT2D eigenvalue weighted by molar-refractivity contribution is -0.166. The van der Waals surface area contributed by atoms with E-state index in [1.165, 1.54) is 38.5 Å². The van der Waals surface area contributed by atoms with Gasteiger partial charge in [0.25, 0.3) is 0 Å². The summed E-state index contributed by atoms with van der Waals surface area (Å²) in [5.41, 5.74) is 3.49. The Labute approximate surface area is 160 Å². The molecule has 4 fully saturated rings. The fraction of sp³-hybridized carbons (Fsp3) is 0.750. The summed E-state index contributed by atoms with van der Waals surface area (Å²) in [6.07, 6.45) is 14.0. The number of hydrogen-bond acceptors (Lipinski definition) is 3. The number of fused-ring (bicyclic) bond motifs is 9. The SMILES string of the molecule is C[C@]12CC[C@@H]3C4=C(CC(=O)CC4)C4(CC4)C[C@H]3[C@@H]1[C@@H]1C[C@@H]1[C@@]21C=CC(=O)O1. The van der Waals surface area contributed by atoms with E-state index in [9.17, 15) is 9.59 Å². The number of ether oxygens (including phenoxy) is 1. The van der Waals surface area contributed by atoms with Crippen LogP contribution in [-0.4, -0.2) is 17.4 Å². The average molecular weight is 364 g/mol. The zero-order valence-electron chi connectivity index (χ0n) is 16.1. The van der Waals surface area contributed by atoms with Crippen LogP contribution in [0, 0.1) is 40.4 Å². The monoisotopic (exact) mass is 364 g/mol. The van der Waals surface area contributed by atoms with Crippen LogP contribution in [0.25, 0.3) is 0 Å². The molecule has 0 saturated heterocycles. The van der Waals surface area contributed by atoms with Crippen molar-refractivity contribution in [3.8, 4) is 0 Å². The van der Waals surface area contributed by atoms with Gasteiger partial charge in [-0.1, -0.05) is 18.1 Å². The Kier molecular flexibility index (Phi) is 2.55. The van der Waals surface area contributed by atoms with Crippen LogP contribution >= 0.6 is 0 Å². The molecule has 3 heteroatoms. The predicted octanol–water partition coefficient (Wildman–Crippen LogP) is 4.37. The molecule has 0 radical (unpaired) electrons. The summed E-state index contributed by atoms with van der Waals surface area (Å²) in [6, 6.07) is 0. The molecule has 27 heavy (non-hydrogen) atoms. The Morgan fingerprint density at radius 2 is 1.96 bits per heavy atom. The van der Waals surface area contributed by atoms with Crippen molar-refractivity contribution in [1.82, 2.24) is 0 Å². The first-order chi connectivity index (χ1) is 13.0. The molecule has 4 saturated carbocycles. The second-order valence-corrected chi connectivity index (χ2v) is 11.0. The van der Waals surface area contributed by atoms with E-state index in [4.69, 9.17) is 4.74 Å². The maximum absolute atomic E-state index is 12.2. The lowest BCUT2D eigenvalue weighted by atomic mass is 9.49. The number of hydrogen-bond donors (Lipinski definition) is 0. The van der Waals surface area contributed by atoms with E-state index in [0.29, 0.717) is 29.0 Å². The van der Waals surface area contributed by atoms with Gasteiger partial charge >= 0.3 is 5.97 Å². The summed E-state index contributed by atoms with van der Waals surface area (Å²) in [5, 5.41) is 0. The van der Waals surface area contributed by atoms with Crippen LogP contribution < -0.4 is 0 Å². The first kappa shape index (κ1) is 15.5. The summed E-state index contributed by atoms with van der Waals surface area (Å²) in [7, 11) is 0. The van der Waals surface area contributed by atoms with Gasteiger partial charge in [0.15, 0.2) is 0 Å². The first-order valence-corrected chi connectivity index (χ1v) is 11.1. The highest BCUT2D eigenvalue weighted by molar-refractivity contribution is 5.86. The fourth-order valence-electron chi connectivity index (χ4n) is 8.96. The molecular weight excluding hydrogens is 336 g/mol. The van der Waals surface area contributed by atoms with E-state index >= 15 is 0 Å². The Bertz CT molecular complexity index is 861. The largest absolute Gasteiger partial charge is 0.451 e. The maximum Gasteiger partial charge on any atom is 0.331 e. The van der Waals surface area contributed by atoms with Gasteiger partial charge in [0.05, 0.1) is 0 Å². The minimum absolute atomic E-state index is 0.114. The minimum atomic E-state index is -0.307. The zero-order valence-corrected chi connectivity index (χ0v) is 16.1. The van der Waals surface area contributed by atoms with E-state index in [-0.39, 0.29) is 17.0 Å². The van der Waals surface area contributed by atoms with Crippen molar-refractivity contribution in [2.24, 2.45) is 40.4 Å². The highest BCUT2D eigenvalue weighted by Gasteiger charge is 2.78. The maximum atomic E-state index is 12.2. The van der Waals surface area contributed by atoms with Gasteiger partial charge in [-0.05, 0) is 80.1 Å². The van der Waals surface area contributed by atoms with Gasteiger partial charge in [-0.2, -0.15) is 0 Å². The van der Waals surface area contributed by atoms with Gasteiger partial charge in [-0.25, -0.2) is 4.79 Å². The molecule has 7 aliphatic rings. The van der Waals surface area contributed by atoms with Gasteiger partial charge in [0, 0.05) is 30.3 Å². The van der Waals surface area contributed by atoms with Gasteiger partial charge in [-0.15, -0.1) is 0 Å². The highest BCUT2D eigenvalue weighted by atomic mass is 16.6. The molecule has 0 unspecified atom stereocenters. The summed E-state index contributed by atoms with van der Waals surface area (Å²) >= 11 is 0. The van der Waals surface area contributed by atoms with Gasteiger partial charge in [0.2, 0.25) is 0 Å². The Hall–Kier alpha value is -1.38. The number of carbonyl (C=O) groups excluding carboxylic acids is 2. The van der Waals surface area contributed by atoms with Crippen molar-refractivity contribution in [3.63, 3.8) is 0 Å². The molecule has 0 amide bonds. The number of ketones is 1. The molecule has 0 aromatic heterocycles. The molecule has 0 N–H and O–H groups in total. The molecule has 0 aromatic carbocycles. The van der Waals surface area contributed by atoms with Crippen molar-refractivity contribution in [3.05, 3.63) is 23.3 Å². The van der Waals surface area contributed by atoms with Crippen LogP contribution in [0.5, 0.6) is 0 Å². The minimum Gasteiger partial charge on any atom is -0.451 e. The van der Waals surface area contributed by atoms with Crippen molar-refractivity contribution in [2.45, 2.75) is 70.3 Å². The van der Waals surface area contributed by atoms with Crippen LogP contribution in [-0.2, 0) is 14.3 Å². The second-order valence-electron chi connectivity index (χ2n) is 11.0. The van der Waals surface area contributed by atoms with Crippen molar-refractivity contribution in [2.75, 3.05) is 0 Å². The van der Waals surface area contributed by atoms with Crippen LogP contribution in [0.3, 0.4) is 0 Å². The van der Waals surface area contributed by atoms with Crippen molar-refractivity contribution >= 4 is 11.8 Å². The number of allylic oxidation sites excluding steroid dienone is 2. The van der Waals surface area contributed by atoms with E-state index in [2.05, 4.69) is 13.0 Å². The van der Waals surface area contributed by atoms with E-state index in [1.807, 2.05) is 0 Å². The van der Waals surface area contributed by atoms with Crippen LogP contribution in [0.1, 0.15) is 64.7 Å². The van der Waals surface area contributed by atoms with Gasteiger partial charge in [0.1, 0.15) is 11.4 Å². The van der Waals surface area contributed by atoms with Crippen LogP contribution in [0.2, 0.25) is 0 Å². The average Bonchev–Trinajstić information content (AvgIpc) is 3.54. The van der Waals surface area contributed by atoms with Crippen molar-refractivity contribution < 1.29 is 14.3 Å². The summed E-state index contributed by atoms with van der Waals surface area (Å²) < 4.78 is 6.10. The lowest BCUT2D eigenvalue weighted by Crippen LogP contribution is -2.54. The summed E-state index contributed by atoms with van der Waals surface area (Å²) in [5.74, 6) is 3.82. The fourth-order valence-corrected chi connectivity index (χ4v) is 8.96. The third-order valence-corrected chi connectivity index (χ3v) is 10.2. The number of Topliss-reactive ketones (excluding diaryl/α,β-unsaturated/α-hetero) is 1. The van der Waals surface area contributed by atoms with Gasteiger partial charge in [-0.3, -0.25) is 4.79 Å². The third kappa shape index (κ3) is 1.64. The topological polar surface area (TPSA) is 43.4 Å². The molecular formula is C24H28O3. The molecule has 142 valence electrons. The Morgan fingerprint density at radius 3 is 2.70 bits per heavy atom. The molecule has 7 rings (SSSR count). The number of rotatable bonds is 0. The Balaban J connectivity index is 1.33. The second kappa shape index (κ2) is 4.44. The molecule has 1 aliphatic heterocycles. The molecule has 7 atom stereocenters. The lowest BCUT2D eigenvalue weighted by Gasteiger charge is -2.56. The number of esters is 1. The Morgan fingerprint density at radius 1 is 1.11 bits per heavy atom. The molecule has 0 bridgehead atoms. The first-order valence-electron chi connectivity index (χ1n) is 11.1. The van der Waals surface area contributed by atoms with E-state index < -0.39 is 0 Å². The third-order valence-electron chi connectivity index (χ3n) is 10.2. The quantitative estimate of drug-likeness (QED) is 0.473. The predicted molar refractivity (Wildman–Crippen MR) is 99.5 cm³/mol. The smallest absolute Gasteiger partial charge is 0.331 e. The standard InChI is InChI=1S/C24H28O3/c1-22-6-4-14-15-3-2-13(25)10-18(15)23(8-9-23)12-17(14)21(22)16-11-19(16)24(22)7-5-20(26)27-24/h5,7,14,16-17,19,21H,2-4,6,8-12H2,1H3/t14-,16-,17-,19+,21+,22+,24+/m1/s1. The summed E-state index contributed by atoms with van der Waals surface area (Å²) in [4.78, 5) is 24.2. The molecule has 2 spiro atoms. The van der Waals surface area contributed by atoms with Crippen LogP contribution in [0.4, 0.5) is 0 Å². The normalized spacial score (nSPS) is 53.1. The highest BCUT2D eigenvalue weighted by Crippen LogP contribution is 2.79. The number of carbonyl (C=O) groups is 2. The summed E-state index contributed by atoms with van der Waals surface area (Å²) in [6.45, 7) is 2.44. The van der Waals surface area contributed by atoms with Crippen molar-refractivity contribution in [1.29, 1.82) is 0 Å². The molecule has 1 heterocycles. The zero-order chi connectivity index (χ0) is 18.2.